The van der Waals surface area contributed by atoms with Crippen molar-refractivity contribution in [1.29, 1.82) is 0 Å². The minimum absolute atomic E-state index is 0.383. The summed E-state index contributed by atoms with van der Waals surface area (Å²) in [4.78, 5) is 15.5. The van der Waals surface area contributed by atoms with E-state index in [-0.39, 0.29) is 0 Å². The Balaban J connectivity index is 1.08. The quantitative estimate of drug-likeness (QED) is 0.168. The third-order valence-electron chi connectivity index (χ3n) is 12.7. The Bertz CT molecular complexity index is 3760. The Morgan fingerprint density at radius 2 is 1.10 bits per heavy atom. The van der Waals surface area contributed by atoms with E-state index in [1.807, 2.05) is 47.7 Å². The lowest BCUT2D eigenvalue weighted by molar-refractivity contribution is 0.855. The van der Waals surface area contributed by atoms with E-state index < -0.39 is 0 Å². The fourth-order valence-electron chi connectivity index (χ4n) is 9.83. The van der Waals surface area contributed by atoms with Crippen LogP contribution in [-0.4, -0.2) is 24.1 Å². The first-order valence-corrected chi connectivity index (χ1v) is 22.3. The van der Waals surface area contributed by atoms with Gasteiger partial charge >= 0.3 is 0 Å². The molecule has 13 rings (SSSR count). The molecule has 6 heteroatoms. The van der Waals surface area contributed by atoms with Gasteiger partial charge in [-0.25, -0.2) is 15.0 Å². The standard InChI is InChI=1S/C57H37N5S/c1-5-17-36(18-6-1)39-31-34-48-46(35-39)41-25-13-14-28-47(41)62(48)50-30-15-26-42-43-32-33-44-51-45(27-16-29-49(51)61(40-23-11-4-12-24-40)52(44)54(43)63-53(42)50)57-59-55(37-19-7-2-8-20-37)58-56(60-57)38-21-9-3-10-22-38/h1-17,19-36H,18H2. The van der Waals surface area contributed by atoms with E-state index in [9.17, 15) is 0 Å². The van der Waals surface area contributed by atoms with Crippen molar-refractivity contribution in [3.8, 4) is 45.5 Å². The summed E-state index contributed by atoms with van der Waals surface area (Å²) in [5, 5.41) is 7.31. The summed E-state index contributed by atoms with van der Waals surface area (Å²) in [6.45, 7) is 0. The third-order valence-corrected chi connectivity index (χ3v) is 13.9. The molecule has 0 radical (unpaired) electrons. The Hall–Kier alpha value is -7.93. The second-order valence-electron chi connectivity index (χ2n) is 16.3. The van der Waals surface area contributed by atoms with Gasteiger partial charge in [0.15, 0.2) is 17.5 Å². The average Bonchev–Trinajstić information content (AvgIpc) is 4.03. The van der Waals surface area contributed by atoms with Crippen LogP contribution in [0, 0.1) is 0 Å². The second kappa shape index (κ2) is 14.3. The van der Waals surface area contributed by atoms with Crippen LogP contribution in [0.25, 0.3) is 109 Å². The Kier molecular flexibility index (Phi) is 8.14. The molecule has 1 atom stereocenters. The summed E-state index contributed by atoms with van der Waals surface area (Å²) in [5.74, 6) is 2.32. The summed E-state index contributed by atoms with van der Waals surface area (Å²) in [6, 6.07) is 65.1. The van der Waals surface area contributed by atoms with E-state index in [0.29, 0.717) is 23.4 Å². The van der Waals surface area contributed by atoms with E-state index >= 15 is 0 Å². The Labute approximate surface area is 367 Å². The highest BCUT2D eigenvalue weighted by atomic mass is 32.1. The first-order chi connectivity index (χ1) is 31.3. The predicted molar refractivity (Wildman–Crippen MR) is 263 cm³/mol. The minimum Gasteiger partial charge on any atom is -0.308 e. The predicted octanol–water partition coefficient (Wildman–Crippen LogP) is 15.0. The Morgan fingerprint density at radius 1 is 0.460 bits per heavy atom. The largest absolute Gasteiger partial charge is 0.308 e. The molecule has 0 saturated heterocycles. The fraction of sp³-hybridized carbons (Fsp3) is 0.0351. The SMILES string of the molecule is C1=CCC(c2ccc3c(c2)c2ccccc2n3-c2cccc3c2sc2c3ccc3c4c(-c5nc(-c6ccccc6)nc(-c6ccccc6)n5)cccc4n(-c4ccccc4)c32)C=C1. The van der Waals surface area contributed by atoms with Gasteiger partial charge in [0.05, 0.1) is 37.2 Å². The van der Waals surface area contributed by atoms with Crippen molar-refractivity contribution in [1.82, 2.24) is 24.1 Å². The van der Waals surface area contributed by atoms with Crippen LogP contribution in [-0.2, 0) is 0 Å². The van der Waals surface area contributed by atoms with Gasteiger partial charge < -0.3 is 9.13 Å². The molecule has 1 aliphatic carbocycles. The zero-order valence-corrected chi connectivity index (χ0v) is 34.9. The molecular formula is C57H37N5S. The highest BCUT2D eigenvalue weighted by Crippen LogP contribution is 2.47. The number of nitrogens with zero attached hydrogens (tertiary/aromatic N) is 5. The normalized spacial score (nSPS) is 14.0. The molecule has 4 heterocycles. The van der Waals surface area contributed by atoms with E-state index in [1.165, 1.54) is 58.7 Å². The van der Waals surface area contributed by atoms with Gasteiger partial charge in [-0.05, 0) is 54.4 Å². The molecule has 0 aliphatic heterocycles. The van der Waals surface area contributed by atoms with Crippen molar-refractivity contribution in [3.63, 3.8) is 0 Å². The van der Waals surface area contributed by atoms with Gasteiger partial charge in [0, 0.05) is 60.6 Å². The second-order valence-corrected chi connectivity index (χ2v) is 17.3. The molecule has 0 amide bonds. The first kappa shape index (κ1) is 35.8. The minimum atomic E-state index is 0.383. The first-order valence-electron chi connectivity index (χ1n) is 21.5. The molecule has 1 aliphatic rings. The van der Waals surface area contributed by atoms with Crippen LogP contribution >= 0.6 is 11.3 Å². The zero-order valence-electron chi connectivity index (χ0n) is 34.1. The number of allylic oxidation sites excluding steroid dienone is 4. The van der Waals surface area contributed by atoms with Gasteiger partial charge in [-0.15, -0.1) is 11.3 Å². The van der Waals surface area contributed by atoms with Crippen LogP contribution in [0.1, 0.15) is 17.9 Å². The molecule has 0 spiro atoms. The summed E-state index contributed by atoms with van der Waals surface area (Å²) in [5.41, 5.74) is 11.2. The summed E-state index contributed by atoms with van der Waals surface area (Å²) >= 11 is 1.88. The fourth-order valence-corrected chi connectivity index (χ4v) is 11.2. The van der Waals surface area contributed by atoms with Gasteiger partial charge in [0.25, 0.3) is 0 Å². The molecule has 0 fully saturated rings. The number of rotatable bonds is 6. The number of aromatic nitrogens is 5. The number of benzene rings is 8. The maximum absolute atomic E-state index is 5.22. The van der Waals surface area contributed by atoms with Crippen molar-refractivity contribution >= 4 is 75.1 Å². The van der Waals surface area contributed by atoms with E-state index in [1.54, 1.807) is 0 Å². The molecule has 296 valence electrons. The van der Waals surface area contributed by atoms with E-state index in [0.717, 1.165) is 45.1 Å². The molecule has 0 saturated carbocycles. The van der Waals surface area contributed by atoms with Crippen molar-refractivity contribution in [3.05, 3.63) is 212 Å². The van der Waals surface area contributed by atoms with Crippen molar-refractivity contribution in [2.24, 2.45) is 0 Å². The van der Waals surface area contributed by atoms with Gasteiger partial charge in [0.2, 0.25) is 0 Å². The van der Waals surface area contributed by atoms with Crippen LogP contribution in [0.3, 0.4) is 0 Å². The molecular weight excluding hydrogens is 787 g/mol. The maximum atomic E-state index is 5.22. The number of hydrogen-bond donors (Lipinski definition) is 0. The summed E-state index contributed by atoms with van der Waals surface area (Å²) in [6.07, 6.45) is 9.94. The van der Waals surface area contributed by atoms with E-state index in [4.69, 9.17) is 15.0 Å². The van der Waals surface area contributed by atoms with Crippen LogP contribution in [0.15, 0.2) is 206 Å². The third kappa shape index (κ3) is 5.65. The lowest BCUT2D eigenvalue weighted by Gasteiger charge is -2.14. The number of hydrogen-bond acceptors (Lipinski definition) is 4. The number of thiophene rings is 1. The monoisotopic (exact) mass is 823 g/mol. The van der Waals surface area contributed by atoms with Crippen LogP contribution in [0.5, 0.6) is 0 Å². The lowest BCUT2D eigenvalue weighted by atomic mass is 9.91. The topological polar surface area (TPSA) is 48.5 Å². The van der Waals surface area contributed by atoms with Crippen LogP contribution in [0.2, 0.25) is 0 Å². The van der Waals surface area contributed by atoms with Gasteiger partial charge in [-0.3, -0.25) is 0 Å². The molecule has 12 aromatic rings. The van der Waals surface area contributed by atoms with Gasteiger partial charge in [-0.2, -0.15) is 0 Å². The van der Waals surface area contributed by atoms with Gasteiger partial charge in [0.1, 0.15) is 0 Å². The van der Waals surface area contributed by atoms with Crippen LogP contribution < -0.4 is 0 Å². The summed E-state index contributed by atoms with van der Waals surface area (Å²) in [7, 11) is 0. The molecule has 8 aromatic carbocycles. The molecule has 5 nitrogen and oxygen atoms in total. The van der Waals surface area contributed by atoms with Crippen molar-refractivity contribution in [2.45, 2.75) is 12.3 Å². The summed E-state index contributed by atoms with van der Waals surface area (Å²) < 4.78 is 7.43. The number of para-hydroxylation sites is 2. The van der Waals surface area contributed by atoms with E-state index in [2.05, 4.69) is 179 Å². The molecule has 4 aromatic heterocycles. The van der Waals surface area contributed by atoms with Crippen molar-refractivity contribution in [2.75, 3.05) is 0 Å². The zero-order chi connectivity index (χ0) is 41.4. The van der Waals surface area contributed by atoms with Gasteiger partial charge in [-0.1, -0.05) is 164 Å². The smallest absolute Gasteiger partial charge is 0.164 e. The highest BCUT2D eigenvalue weighted by molar-refractivity contribution is 7.27. The molecule has 1 unspecified atom stereocenters. The highest BCUT2D eigenvalue weighted by Gasteiger charge is 2.24. The van der Waals surface area contributed by atoms with Crippen molar-refractivity contribution < 1.29 is 0 Å². The molecule has 0 bridgehead atoms. The average molecular weight is 824 g/mol. The van der Waals surface area contributed by atoms with Crippen LogP contribution in [0.4, 0.5) is 0 Å². The maximum Gasteiger partial charge on any atom is 0.164 e. The Morgan fingerprint density at radius 3 is 1.86 bits per heavy atom. The molecule has 63 heavy (non-hydrogen) atoms. The molecule has 0 N–H and O–H groups in total. The lowest BCUT2D eigenvalue weighted by Crippen LogP contribution is -2.00. The number of fused-ring (bicyclic) bond motifs is 10.